The lowest BCUT2D eigenvalue weighted by atomic mass is 10.1. The van der Waals surface area contributed by atoms with E-state index in [1.54, 1.807) is 18.2 Å². The molecule has 1 heterocycles. The summed E-state index contributed by atoms with van der Waals surface area (Å²) in [4.78, 5) is 23.9. The van der Waals surface area contributed by atoms with Crippen LogP contribution >= 0.6 is 0 Å². The van der Waals surface area contributed by atoms with Crippen LogP contribution in [0.3, 0.4) is 0 Å². The number of nitrogens with zero attached hydrogens (tertiary/aromatic N) is 2. The number of benzene rings is 2. The van der Waals surface area contributed by atoms with Crippen molar-refractivity contribution in [1.82, 2.24) is 15.4 Å². The molecule has 3 N–H and O–H groups in total. The first kappa shape index (κ1) is 16.4. The van der Waals surface area contributed by atoms with Crippen molar-refractivity contribution in [3.63, 3.8) is 0 Å². The number of nitrogens with one attached hydrogen (secondary N) is 3. The highest BCUT2D eigenvalue weighted by Gasteiger charge is 2.19. The summed E-state index contributed by atoms with van der Waals surface area (Å²) in [6.07, 6.45) is 0. The zero-order valence-electron chi connectivity index (χ0n) is 13.8. The number of H-pyrrole nitrogens is 1. The summed E-state index contributed by atoms with van der Waals surface area (Å²) in [7, 11) is 0. The van der Waals surface area contributed by atoms with Crippen LogP contribution in [0.5, 0.6) is 0 Å². The Labute approximate surface area is 144 Å². The molecule has 0 bridgehead atoms. The molecule has 25 heavy (non-hydrogen) atoms. The molecule has 0 saturated heterocycles. The Morgan fingerprint density at radius 1 is 0.920 bits per heavy atom. The van der Waals surface area contributed by atoms with Crippen molar-refractivity contribution >= 4 is 23.2 Å². The molecule has 0 saturated carbocycles. The predicted molar refractivity (Wildman–Crippen MR) is 95.3 cm³/mol. The van der Waals surface area contributed by atoms with Crippen LogP contribution in [0.15, 0.2) is 48.5 Å². The minimum Gasteiger partial charge on any atom is -0.326 e. The van der Waals surface area contributed by atoms with Gasteiger partial charge >= 0.3 is 0 Å². The molecule has 0 radical (unpaired) electrons. The molecule has 1 aromatic heterocycles. The van der Waals surface area contributed by atoms with Gasteiger partial charge in [-0.3, -0.25) is 9.59 Å². The van der Waals surface area contributed by atoms with Crippen LogP contribution in [-0.2, 0) is 4.79 Å². The molecule has 7 nitrogen and oxygen atoms in total. The predicted octanol–water partition coefficient (Wildman–Crippen LogP) is 2.99. The molecule has 2 aromatic carbocycles. The fourth-order valence-corrected chi connectivity index (χ4v) is 2.46. The quantitative estimate of drug-likeness (QED) is 0.682. The molecule has 0 unspecified atom stereocenters. The molecule has 7 heteroatoms. The summed E-state index contributed by atoms with van der Waals surface area (Å²) >= 11 is 0. The van der Waals surface area contributed by atoms with E-state index in [1.807, 2.05) is 37.3 Å². The van der Waals surface area contributed by atoms with E-state index >= 15 is 0 Å². The maximum Gasteiger partial charge on any atom is 0.278 e. The van der Waals surface area contributed by atoms with Crippen LogP contribution in [0.1, 0.15) is 23.0 Å². The summed E-state index contributed by atoms with van der Waals surface area (Å²) in [6, 6.07) is 14.6. The number of hydrogen-bond acceptors (Lipinski definition) is 4. The van der Waals surface area contributed by atoms with Gasteiger partial charge in [0.2, 0.25) is 5.91 Å². The Balaban J connectivity index is 1.87. The smallest absolute Gasteiger partial charge is 0.278 e. The van der Waals surface area contributed by atoms with Gasteiger partial charge in [-0.05, 0) is 24.6 Å². The molecular formula is C18H17N5O2. The second-order valence-corrected chi connectivity index (χ2v) is 5.50. The van der Waals surface area contributed by atoms with Crippen molar-refractivity contribution in [3.05, 3.63) is 59.8 Å². The van der Waals surface area contributed by atoms with Crippen LogP contribution in [0.4, 0.5) is 11.4 Å². The molecule has 3 rings (SSSR count). The van der Waals surface area contributed by atoms with Crippen LogP contribution in [-0.4, -0.2) is 27.2 Å². The summed E-state index contributed by atoms with van der Waals surface area (Å²) in [6.45, 7) is 3.26. The Hall–Kier alpha value is -3.48. The van der Waals surface area contributed by atoms with E-state index in [4.69, 9.17) is 0 Å². The first-order valence-corrected chi connectivity index (χ1v) is 7.71. The van der Waals surface area contributed by atoms with Crippen LogP contribution in [0.25, 0.3) is 11.3 Å². The fourth-order valence-electron chi connectivity index (χ4n) is 2.46. The first-order chi connectivity index (χ1) is 12.1. The third-order valence-electron chi connectivity index (χ3n) is 3.70. The number of aromatic nitrogens is 3. The van der Waals surface area contributed by atoms with Crippen molar-refractivity contribution in [2.24, 2.45) is 0 Å². The van der Waals surface area contributed by atoms with Gasteiger partial charge in [-0.25, -0.2) is 0 Å². The van der Waals surface area contributed by atoms with Gasteiger partial charge in [0, 0.05) is 23.9 Å². The zero-order chi connectivity index (χ0) is 17.8. The van der Waals surface area contributed by atoms with E-state index < -0.39 is 0 Å². The standard InChI is InChI=1S/C18H17N5O2/c1-11-14(19-12(2)24)9-6-10-15(11)20-18(25)17-16(21-23-22-17)13-7-4-3-5-8-13/h3-10H,1-2H3,(H,19,24)(H,20,25)(H,21,22,23). The molecular weight excluding hydrogens is 318 g/mol. The highest BCUT2D eigenvalue weighted by Crippen LogP contribution is 2.25. The lowest BCUT2D eigenvalue weighted by molar-refractivity contribution is -0.114. The minimum atomic E-state index is -0.379. The molecule has 0 spiro atoms. The van der Waals surface area contributed by atoms with Gasteiger partial charge in [-0.1, -0.05) is 36.4 Å². The topological polar surface area (TPSA) is 99.8 Å². The number of carbonyl (C=O) groups is 2. The summed E-state index contributed by atoms with van der Waals surface area (Å²) in [5.41, 5.74) is 3.48. The highest BCUT2D eigenvalue weighted by atomic mass is 16.2. The molecule has 0 aliphatic carbocycles. The van der Waals surface area contributed by atoms with Gasteiger partial charge in [0.25, 0.3) is 5.91 Å². The third-order valence-corrected chi connectivity index (χ3v) is 3.70. The van der Waals surface area contributed by atoms with E-state index in [9.17, 15) is 9.59 Å². The Morgan fingerprint density at radius 3 is 2.28 bits per heavy atom. The van der Waals surface area contributed by atoms with Gasteiger partial charge in [-0.2, -0.15) is 15.4 Å². The van der Waals surface area contributed by atoms with E-state index in [1.165, 1.54) is 6.92 Å². The highest BCUT2D eigenvalue weighted by molar-refractivity contribution is 6.07. The van der Waals surface area contributed by atoms with Crippen molar-refractivity contribution in [2.45, 2.75) is 13.8 Å². The maximum absolute atomic E-state index is 12.6. The molecule has 0 fully saturated rings. The normalized spacial score (nSPS) is 10.3. The average molecular weight is 335 g/mol. The van der Waals surface area contributed by atoms with E-state index in [2.05, 4.69) is 26.0 Å². The third kappa shape index (κ3) is 3.55. The van der Waals surface area contributed by atoms with Crippen LogP contribution in [0, 0.1) is 6.92 Å². The summed E-state index contributed by atoms with van der Waals surface area (Å²) in [5.74, 6) is -0.551. The Morgan fingerprint density at radius 2 is 1.60 bits per heavy atom. The number of rotatable bonds is 4. The second-order valence-electron chi connectivity index (χ2n) is 5.50. The minimum absolute atomic E-state index is 0.172. The SMILES string of the molecule is CC(=O)Nc1cccc(NC(=O)c2n[nH]nc2-c2ccccc2)c1C. The van der Waals surface area contributed by atoms with Gasteiger partial charge < -0.3 is 10.6 Å². The van der Waals surface area contributed by atoms with Gasteiger partial charge in [0.1, 0.15) is 5.69 Å². The van der Waals surface area contributed by atoms with Gasteiger partial charge in [-0.15, -0.1) is 0 Å². The molecule has 126 valence electrons. The Bertz CT molecular complexity index is 918. The van der Waals surface area contributed by atoms with Crippen molar-refractivity contribution in [2.75, 3.05) is 10.6 Å². The van der Waals surface area contributed by atoms with E-state index in [-0.39, 0.29) is 17.5 Å². The monoisotopic (exact) mass is 335 g/mol. The van der Waals surface area contributed by atoms with Crippen molar-refractivity contribution in [3.8, 4) is 11.3 Å². The van der Waals surface area contributed by atoms with Crippen LogP contribution < -0.4 is 10.6 Å². The largest absolute Gasteiger partial charge is 0.326 e. The number of amides is 2. The molecule has 0 aliphatic rings. The van der Waals surface area contributed by atoms with E-state index in [0.717, 1.165) is 11.1 Å². The van der Waals surface area contributed by atoms with Gasteiger partial charge in [0.15, 0.2) is 5.69 Å². The van der Waals surface area contributed by atoms with Crippen molar-refractivity contribution < 1.29 is 9.59 Å². The fraction of sp³-hybridized carbons (Fsp3) is 0.111. The first-order valence-electron chi connectivity index (χ1n) is 7.71. The van der Waals surface area contributed by atoms with Crippen molar-refractivity contribution in [1.29, 1.82) is 0 Å². The average Bonchev–Trinajstić information content (AvgIpc) is 3.09. The molecule has 0 atom stereocenters. The lowest BCUT2D eigenvalue weighted by Gasteiger charge is -2.12. The number of anilines is 2. The molecule has 3 aromatic rings. The van der Waals surface area contributed by atoms with Crippen LogP contribution in [0.2, 0.25) is 0 Å². The van der Waals surface area contributed by atoms with Gasteiger partial charge in [0.05, 0.1) is 0 Å². The zero-order valence-corrected chi connectivity index (χ0v) is 13.8. The maximum atomic E-state index is 12.6. The lowest BCUT2D eigenvalue weighted by Crippen LogP contribution is -2.15. The van der Waals surface area contributed by atoms with E-state index in [0.29, 0.717) is 17.1 Å². The Kier molecular flexibility index (Phi) is 4.56. The summed E-state index contributed by atoms with van der Waals surface area (Å²) in [5, 5.41) is 16.1. The molecule has 2 amide bonds. The number of aromatic amines is 1. The summed E-state index contributed by atoms with van der Waals surface area (Å²) < 4.78 is 0. The number of carbonyl (C=O) groups excluding carboxylic acids is 2. The molecule has 0 aliphatic heterocycles. The second kappa shape index (κ2) is 6.96. The number of hydrogen-bond donors (Lipinski definition) is 3.